The molecular weight excluding hydrogens is 320 g/mol. The van der Waals surface area contributed by atoms with Crippen LogP contribution in [0.5, 0.6) is 0 Å². The van der Waals surface area contributed by atoms with Gasteiger partial charge in [0.1, 0.15) is 11.5 Å². The lowest BCUT2D eigenvalue weighted by molar-refractivity contribution is 0.0776. The molecule has 0 saturated carbocycles. The van der Waals surface area contributed by atoms with Gasteiger partial charge in [-0.05, 0) is 25.0 Å². The lowest BCUT2D eigenvalue weighted by Crippen LogP contribution is -2.28. The molecule has 3 heterocycles. The monoisotopic (exact) mass is 336 g/mol. The highest BCUT2D eigenvalue weighted by Crippen LogP contribution is 2.27. The number of H-pyrrole nitrogens is 2. The molecule has 1 aliphatic heterocycles. The molecule has 2 N–H and O–H groups in total. The molecule has 0 aromatic carbocycles. The Morgan fingerprint density at radius 1 is 1.39 bits per heavy atom. The van der Waals surface area contributed by atoms with Crippen molar-refractivity contribution >= 4 is 23.3 Å². The Balaban J connectivity index is 1.78. The second-order valence-electron chi connectivity index (χ2n) is 5.48. The zero-order valence-corrected chi connectivity index (χ0v) is 13.4. The number of aromatic nitrogens is 4. The number of hydrogen-bond donors (Lipinski definition) is 2. The van der Waals surface area contributed by atoms with Crippen molar-refractivity contribution in [1.29, 1.82) is 0 Å². The number of carbonyl (C=O) groups excluding carboxylic acids is 1. The number of pyridine rings is 1. The molecule has 3 rings (SSSR count). The maximum atomic E-state index is 12.5. The summed E-state index contributed by atoms with van der Waals surface area (Å²) in [5.74, 6) is 0.780. The van der Waals surface area contributed by atoms with Crippen LogP contribution in [0, 0.1) is 0 Å². The third-order valence-corrected chi connectivity index (χ3v) is 4.03. The van der Waals surface area contributed by atoms with Crippen molar-refractivity contribution in [2.24, 2.45) is 0 Å². The third kappa shape index (κ3) is 3.37. The normalized spacial score (nSPS) is 14.3. The van der Waals surface area contributed by atoms with Gasteiger partial charge in [0.05, 0.1) is 11.6 Å². The lowest BCUT2D eigenvalue weighted by atomic mass is 10.3. The first kappa shape index (κ1) is 15.5. The molecule has 0 unspecified atom stereocenters. The molecule has 2 aromatic rings. The van der Waals surface area contributed by atoms with Crippen LogP contribution in [0.25, 0.3) is 0 Å². The Morgan fingerprint density at radius 2 is 2.13 bits per heavy atom. The van der Waals surface area contributed by atoms with Crippen LogP contribution in [0.3, 0.4) is 0 Å². The summed E-state index contributed by atoms with van der Waals surface area (Å²) in [4.78, 5) is 34.0. The number of halogens is 1. The first-order valence-corrected chi connectivity index (χ1v) is 7.73. The molecule has 0 atom stereocenters. The number of nitrogens with zero attached hydrogens (tertiary/aromatic N) is 4. The van der Waals surface area contributed by atoms with Crippen LogP contribution in [-0.4, -0.2) is 51.1 Å². The molecular formula is C14H17ClN6O2. The topological polar surface area (TPSA) is 98.0 Å². The minimum Gasteiger partial charge on any atom is -0.355 e. The van der Waals surface area contributed by atoms with Crippen molar-refractivity contribution in [1.82, 2.24) is 25.1 Å². The van der Waals surface area contributed by atoms with Gasteiger partial charge in [0.25, 0.3) is 5.91 Å². The SMILES string of the molecule is CN(Cc1n[nH]c(=O)[nH]1)C(=O)c1ccc(Cl)c(N2CCCC2)n1. The highest BCUT2D eigenvalue weighted by Gasteiger charge is 2.21. The summed E-state index contributed by atoms with van der Waals surface area (Å²) in [6, 6.07) is 3.30. The van der Waals surface area contributed by atoms with Gasteiger partial charge in [-0.25, -0.2) is 14.9 Å². The predicted molar refractivity (Wildman–Crippen MR) is 85.7 cm³/mol. The van der Waals surface area contributed by atoms with Crippen molar-refractivity contribution in [3.8, 4) is 0 Å². The van der Waals surface area contributed by atoms with Crippen molar-refractivity contribution in [3.63, 3.8) is 0 Å². The van der Waals surface area contributed by atoms with Crippen molar-refractivity contribution < 1.29 is 4.79 Å². The van der Waals surface area contributed by atoms with Gasteiger partial charge in [0, 0.05) is 20.1 Å². The minimum absolute atomic E-state index is 0.181. The fourth-order valence-corrected chi connectivity index (χ4v) is 2.80. The highest BCUT2D eigenvalue weighted by molar-refractivity contribution is 6.33. The molecule has 0 spiro atoms. The maximum Gasteiger partial charge on any atom is 0.340 e. The summed E-state index contributed by atoms with van der Waals surface area (Å²) in [6.45, 7) is 1.98. The smallest absolute Gasteiger partial charge is 0.340 e. The van der Waals surface area contributed by atoms with E-state index in [-0.39, 0.29) is 12.5 Å². The van der Waals surface area contributed by atoms with Crippen LogP contribution in [0.2, 0.25) is 5.02 Å². The Labute approximate surface area is 137 Å². The predicted octanol–water partition coefficient (Wildman–Crippen LogP) is 1.02. The first-order chi connectivity index (χ1) is 11.0. The van der Waals surface area contributed by atoms with Gasteiger partial charge >= 0.3 is 5.69 Å². The van der Waals surface area contributed by atoms with Gasteiger partial charge in [-0.15, -0.1) is 0 Å². The fraction of sp³-hybridized carbons (Fsp3) is 0.429. The summed E-state index contributed by atoms with van der Waals surface area (Å²) in [5.41, 5.74) is -0.0848. The van der Waals surface area contributed by atoms with Gasteiger partial charge in [-0.3, -0.25) is 9.78 Å². The number of rotatable bonds is 4. The van der Waals surface area contributed by atoms with Gasteiger partial charge in [-0.1, -0.05) is 11.6 Å². The number of amides is 1. The quantitative estimate of drug-likeness (QED) is 0.868. The van der Waals surface area contributed by atoms with Crippen LogP contribution in [0.4, 0.5) is 5.82 Å². The molecule has 9 heteroatoms. The largest absolute Gasteiger partial charge is 0.355 e. The van der Waals surface area contributed by atoms with Crippen LogP contribution in [0.1, 0.15) is 29.2 Å². The van der Waals surface area contributed by atoms with Crippen molar-refractivity contribution in [2.75, 3.05) is 25.0 Å². The molecule has 0 bridgehead atoms. The molecule has 0 radical (unpaired) electrons. The Bertz CT molecular complexity index is 765. The second kappa shape index (κ2) is 6.41. The van der Waals surface area contributed by atoms with Crippen LogP contribution in [0.15, 0.2) is 16.9 Å². The van der Waals surface area contributed by atoms with Crippen LogP contribution >= 0.6 is 11.6 Å². The van der Waals surface area contributed by atoms with Crippen molar-refractivity contribution in [2.45, 2.75) is 19.4 Å². The molecule has 2 aromatic heterocycles. The molecule has 0 aliphatic carbocycles. The lowest BCUT2D eigenvalue weighted by Gasteiger charge is -2.20. The average molecular weight is 337 g/mol. The molecule has 1 aliphatic rings. The van der Waals surface area contributed by atoms with E-state index in [2.05, 4.69) is 25.1 Å². The maximum absolute atomic E-state index is 12.5. The molecule has 1 fully saturated rings. The van der Waals surface area contributed by atoms with Gasteiger partial charge in [0.2, 0.25) is 0 Å². The Hall–Kier alpha value is -2.35. The van der Waals surface area contributed by atoms with E-state index in [4.69, 9.17) is 11.6 Å². The Kier molecular flexibility index (Phi) is 4.33. The van der Waals surface area contributed by atoms with Gasteiger partial charge in [0.15, 0.2) is 5.82 Å². The van der Waals surface area contributed by atoms with Crippen LogP contribution < -0.4 is 10.6 Å². The van der Waals surface area contributed by atoms with E-state index >= 15 is 0 Å². The standard InChI is InChI=1S/C14H17ClN6O2/c1-20(8-11-17-14(23)19-18-11)13(22)10-5-4-9(15)12(16-10)21-6-2-3-7-21/h4-5H,2-3,6-8H2,1H3,(H2,17,18,19,23). The number of hydrogen-bond acceptors (Lipinski definition) is 5. The van der Waals surface area contributed by atoms with E-state index in [1.165, 1.54) is 4.90 Å². The van der Waals surface area contributed by atoms with E-state index in [1.807, 2.05) is 0 Å². The number of nitrogens with one attached hydrogen (secondary N) is 2. The summed E-state index contributed by atoms with van der Waals surface area (Å²) < 4.78 is 0. The highest BCUT2D eigenvalue weighted by atomic mass is 35.5. The molecule has 1 saturated heterocycles. The molecule has 23 heavy (non-hydrogen) atoms. The third-order valence-electron chi connectivity index (χ3n) is 3.74. The van der Waals surface area contributed by atoms with E-state index in [0.29, 0.717) is 22.4 Å². The fourth-order valence-electron chi connectivity index (χ4n) is 2.57. The van der Waals surface area contributed by atoms with E-state index < -0.39 is 5.69 Å². The van der Waals surface area contributed by atoms with E-state index in [9.17, 15) is 9.59 Å². The molecule has 1 amide bonds. The first-order valence-electron chi connectivity index (χ1n) is 7.35. The zero-order chi connectivity index (χ0) is 16.4. The minimum atomic E-state index is -0.401. The Morgan fingerprint density at radius 3 is 2.78 bits per heavy atom. The van der Waals surface area contributed by atoms with E-state index in [0.717, 1.165) is 25.9 Å². The summed E-state index contributed by atoms with van der Waals surface area (Å²) in [5, 5.41) is 6.60. The summed E-state index contributed by atoms with van der Waals surface area (Å²) >= 11 is 6.21. The van der Waals surface area contributed by atoms with Gasteiger partial charge in [-0.2, -0.15) is 5.10 Å². The second-order valence-corrected chi connectivity index (χ2v) is 5.89. The summed E-state index contributed by atoms with van der Waals surface area (Å²) in [7, 11) is 1.63. The van der Waals surface area contributed by atoms with Crippen molar-refractivity contribution in [3.05, 3.63) is 39.2 Å². The van der Waals surface area contributed by atoms with E-state index in [1.54, 1.807) is 19.2 Å². The average Bonchev–Trinajstić information content (AvgIpc) is 3.19. The van der Waals surface area contributed by atoms with Gasteiger partial charge < -0.3 is 9.80 Å². The summed E-state index contributed by atoms with van der Waals surface area (Å²) in [6.07, 6.45) is 2.20. The number of anilines is 1. The molecule has 122 valence electrons. The zero-order valence-electron chi connectivity index (χ0n) is 12.7. The van der Waals surface area contributed by atoms with Crippen LogP contribution in [-0.2, 0) is 6.54 Å². The molecule has 8 nitrogen and oxygen atoms in total. The number of carbonyl (C=O) groups is 1. The number of aromatic amines is 2.